The summed E-state index contributed by atoms with van der Waals surface area (Å²) in [6, 6.07) is 4.62. The molecule has 0 aromatic heterocycles. The maximum atomic E-state index is 12.5. The van der Waals surface area contributed by atoms with Crippen LogP contribution in [0.5, 0.6) is 5.75 Å². The zero-order chi connectivity index (χ0) is 15.3. The first kappa shape index (κ1) is 14.3. The topological polar surface area (TPSA) is 92.7 Å². The van der Waals surface area contributed by atoms with Crippen molar-refractivity contribution in [2.45, 2.75) is 36.6 Å². The van der Waals surface area contributed by atoms with E-state index in [1.54, 1.807) is 12.1 Å². The van der Waals surface area contributed by atoms with E-state index >= 15 is 0 Å². The number of fused-ring (bicyclic) bond motifs is 1. The molecule has 1 aliphatic carbocycles. The van der Waals surface area contributed by atoms with Gasteiger partial charge in [0.05, 0.1) is 11.5 Å². The first-order valence-electron chi connectivity index (χ1n) is 6.86. The van der Waals surface area contributed by atoms with Gasteiger partial charge < -0.3 is 9.84 Å². The van der Waals surface area contributed by atoms with E-state index in [0.717, 1.165) is 18.4 Å². The second-order valence-corrected chi connectivity index (χ2v) is 7.44. The molecule has 2 N–H and O–H groups in total. The molecule has 1 atom stereocenters. The van der Waals surface area contributed by atoms with Gasteiger partial charge in [0.25, 0.3) is 0 Å². The molecule has 1 aromatic rings. The van der Waals surface area contributed by atoms with Gasteiger partial charge in [-0.1, -0.05) is 0 Å². The lowest BCUT2D eigenvalue weighted by molar-refractivity contribution is -0.144. The van der Waals surface area contributed by atoms with Crippen molar-refractivity contribution in [3.8, 4) is 5.75 Å². The first-order chi connectivity index (χ1) is 9.83. The van der Waals surface area contributed by atoms with Crippen molar-refractivity contribution in [1.29, 1.82) is 0 Å². The number of carboxylic acids is 1. The summed E-state index contributed by atoms with van der Waals surface area (Å²) < 4.78 is 32.7. The molecule has 0 radical (unpaired) electrons. The lowest BCUT2D eigenvalue weighted by Crippen LogP contribution is -2.53. The van der Waals surface area contributed by atoms with Crippen molar-refractivity contribution >= 4 is 16.0 Å². The number of nitrogens with one attached hydrogen (secondary N) is 1. The van der Waals surface area contributed by atoms with E-state index in [2.05, 4.69) is 4.72 Å². The highest BCUT2D eigenvalue weighted by molar-refractivity contribution is 7.89. The molecule has 21 heavy (non-hydrogen) atoms. The fraction of sp³-hybridized carbons (Fsp3) is 0.500. The number of benzene rings is 1. The Morgan fingerprint density at radius 3 is 2.76 bits per heavy atom. The quantitative estimate of drug-likeness (QED) is 0.851. The molecule has 1 aromatic carbocycles. The molecule has 1 aliphatic heterocycles. The van der Waals surface area contributed by atoms with E-state index in [0.29, 0.717) is 18.8 Å². The molecule has 1 saturated carbocycles. The maximum absolute atomic E-state index is 12.5. The summed E-state index contributed by atoms with van der Waals surface area (Å²) in [5.74, 6) is -0.599. The standard InChI is InChI=1S/C14H17NO5S/c1-14(13(16)17,10-2-3-10)15-21(18,19)11-4-5-12-9(8-11)6-7-20-12/h4-5,8,10,15H,2-3,6-7H2,1H3,(H,16,17). The predicted molar refractivity (Wildman–Crippen MR) is 74.7 cm³/mol. The van der Waals surface area contributed by atoms with Crippen LogP contribution in [0.2, 0.25) is 0 Å². The molecule has 1 heterocycles. The molecule has 0 amide bonds. The van der Waals surface area contributed by atoms with Crippen molar-refractivity contribution in [3.05, 3.63) is 23.8 Å². The molecular formula is C14H17NO5S. The highest BCUT2D eigenvalue weighted by Crippen LogP contribution is 2.40. The number of sulfonamides is 1. The number of carboxylic acid groups (broad SMARTS) is 1. The minimum absolute atomic E-state index is 0.0832. The second kappa shape index (κ2) is 4.71. The van der Waals surface area contributed by atoms with Crippen LogP contribution in [-0.4, -0.2) is 31.6 Å². The van der Waals surface area contributed by atoms with E-state index < -0.39 is 21.5 Å². The van der Waals surface area contributed by atoms with E-state index in [9.17, 15) is 18.3 Å². The summed E-state index contributed by atoms with van der Waals surface area (Å²) in [6.45, 7) is 1.97. The molecule has 6 nitrogen and oxygen atoms in total. The molecule has 2 aliphatic rings. The van der Waals surface area contributed by atoms with Crippen LogP contribution in [0.4, 0.5) is 0 Å². The number of ether oxygens (including phenoxy) is 1. The Bertz CT molecular complexity index is 695. The van der Waals surface area contributed by atoms with Gasteiger partial charge in [0.2, 0.25) is 10.0 Å². The average molecular weight is 311 g/mol. The summed E-state index contributed by atoms with van der Waals surface area (Å²) in [5.41, 5.74) is -0.615. The maximum Gasteiger partial charge on any atom is 0.324 e. The Kier molecular flexibility index (Phi) is 3.22. The SMILES string of the molecule is CC(NS(=O)(=O)c1ccc2c(c1)CCO2)(C(=O)O)C1CC1. The van der Waals surface area contributed by atoms with E-state index in [1.807, 2.05) is 0 Å². The van der Waals surface area contributed by atoms with Gasteiger partial charge in [-0.25, -0.2) is 8.42 Å². The third-order valence-electron chi connectivity index (χ3n) is 4.16. The van der Waals surface area contributed by atoms with Crippen LogP contribution in [-0.2, 0) is 21.2 Å². The average Bonchev–Trinajstić information content (AvgIpc) is 3.16. The lowest BCUT2D eigenvalue weighted by atomic mass is 9.98. The van der Waals surface area contributed by atoms with Crippen molar-refractivity contribution in [1.82, 2.24) is 4.72 Å². The van der Waals surface area contributed by atoms with Crippen LogP contribution in [0, 0.1) is 5.92 Å². The Morgan fingerprint density at radius 1 is 1.43 bits per heavy atom. The third-order valence-corrected chi connectivity index (χ3v) is 5.72. The monoisotopic (exact) mass is 311 g/mol. The lowest BCUT2D eigenvalue weighted by Gasteiger charge is -2.25. The van der Waals surface area contributed by atoms with Gasteiger partial charge in [-0.3, -0.25) is 4.79 Å². The minimum Gasteiger partial charge on any atom is -0.493 e. The summed E-state index contributed by atoms with van der Waals surface area (Å²) in [4.78, 5) is 11.5. The number of aliphatic carboxylic acids is 1. The summed E-state index contributed by atoms with van der Waals surface area (Å²) >= 11 is 0. The molecule has 0 spiro atoms. The summed E-state index contributed by atoms with van der Waals surface area (Å²) in [5, 5.41) is 9.36. The molecule has 0 bridgehead atoms. The van der Waals surface area contributed by atoms with Gasteiger partial charge in [-0.05, 0) is 49.4 Å². The second-order valence-electron chi connectivity index (χ2n) is 5.76. The molecule has 0 saturated heterocycles. The van der Waals surface area contributed by atoms with E-state index in [-0.39, 0.29) is 10.8 Å². The minimum atomic E-state index is -3.88. The smallest absolute Gasteiger partial charge is 0.324 e. The number of hydrogen-bond acceptors (Lipinski definition) is 4. The fourth-order valence-corrected chi connectivity index (χ4v) is 4.11. The Labute approximate surface area is 123 Å². The molecular weight excluding hydrogens is 294 g/mol. The molecule has 1 fully saturated rings. The normalized spacial score (nSPS) is 20.4. The van der Waals surface area contributed by atoms with Crippen LogP contribution in [0.25, 0.3) is 0 Å². The van der Waals surface area contributed by atoms with Gasteiger partial charge in [0, 0.05) is 6.42 Å². The Morgan fingerprint density at radius 2 is 2.14 bits per heavy atom. The van der Waals surface area contributed by atoms with Gasteiger partial charge in [-0.15, -0.1) is 0 Å². The van der Waals surface area contributed by atoms with Gasteiger partial charge in [0.1, 0.15) is 11.3 Å². The zero-order valence-electron chi connectivity index (χ0n) is 11.6. The Hall–Kier alpha value is -1.60. The highest BCUT2D eigenvalue weighted by atomic mass is 32.2. The Balaban J connectivity index is 1.91. The van der Waals surface area contributed by atoms with Crippen LogP contribution in [0.3, 0.4) is 0 Å². The van der Waals surface area contributed by atoms with Gasteiger partial charge >= 0.3 is 5.97 Å². The number of carbonyl (C=O) groups is 1. The van der Waals surface area contributed by atoms with Gasteiger partial charge in [0.15, 0.2) is 0 Å². The largest absolute Gasteiger partial charge is 0.493 e. The van der Waals surface area contributed by atoms with Gasteiger partial charge in [-0.2, -0.15) is 4.72 Å². The highest BCUT2D eigenvalue weighted by Gasteiger charge is 2.50. The molecule has 7 heteroatoms. The van der Waals surface area contributed by atoms with Crippen LogP contribution >= 0.6 is 0 Å². The first-order valence-corrected chi connectivity index (χ1v) is 8.34. The molecule has 114 valence electrons. The van der Waals surface area contributed by atoms with Crippen LogP contribution < -0.4 is 9.46 Å². The van der Waals surface area contributed by atoms with Crippen molar-refractivity contribution in [2.75, 3.05) is 6.61 Å². The molecule has 1 unspecified atom stereocenters. The predicted octanol–water partition coefficient (Wildman–Crippen LogP) is 1.15. The number of hydrogen-bond donors (Lipinski definition) is 2. The summed E-state index contributed by atoms with van der Waals surface area (Å²) in [7, 11) is -3.88. The third kappa shape index (κ3) is 2.51. The van der Waals surface area contributed by atoms with Crippen molar-refractivity contribution in [3.63, 3.8) is 0 Å². The van der Waals surface area contributed by atoms with E-state index in [1.165, 1.54) is 13.0 Å². The van der Waals surface area contributed by atoms with Crippen LogP contribution in [0.1, 0.15) is 25.3 Å². The summed E-state index contributed by atoms with van der Waals surface area (Å²) in [6.07, 6.45) is 2.12. The van der Waals surface area contributed by atoms with E-state index in [4.69, 9.17) is 4.74 Å². The van der Waals surface area contributed by atoms with Crippen molar-refractivity contribution in [2.24, 2.45) is 5.92 Å². The number of rotatable bonds is 5. The van der Waals surface area contributed by atoms with Crippen molar-refractivity contribution < 1.29 is 23.1 Å². The molecule has 3 rings (SSSR count). The fourth-order valence-electron chi connectivity index (χ4n) is 2.63. The van der Waals surface area contributed by atoms with Crippen LogP contribution in [0.15, 0.2) is 23.1 Å². The zero-order valence-corrected chi connectivity index (χ0v) is 12.4.